The van der Waals surface area contributed by atoms with Crippen LogP contribution in [-0.2, 0) is 14.8 Å². The second-order valence-corrected chi connectivity index (χ2v) is 10.1. The van der Waals surface area contributed by atoms with Gasteiger partial charge in [0.25, 0.3) is 10.0 Å². The number of nitrogens with zero attached hydrogens (tertiary/aromatic N) is 1. The lowest BCUT2D eigenvalue weighted by Crippen LogP contribution is -2.39. The zero-order valence-electron chi connectivity index (χ0n) is 16.0. The number of hydrogen-bond donors (Lipinski definition) is 0. The van der Waals surface area contributed by atoms with Gasteiger partial charge in [-0.15, -0.1) is 0 Å². The first-order chi connectivity index (χ1) is 14.2. The first-order valence-corrected chi connectivity index (χ1v) is 11.6. The molecule has 3 aromatic carbocycles. The summed E-state index contributed by atoms with van der Waals surface area (Å²) in [6.45, 7) is 3.26. The summed E-state index contributed by atoms with van der Waals surface area (Å²) in [7, 11) is -4.25. The van der Waals surface area contributed by atoms with Gasteiger partial charge in [-0.05, 0) is 30.3 Å². The number of rotatable bonds is 4. The van der Waals surface area contributed by atoms with Crippen molar-refractivity contribution in [3.05, 3.63) is 69.4 Å². The van der Waals surface area contributed by atoms with Crippen LogP contribution < -0.4 is 9.24 Å². The summed E-state index contributed by atoms with van der Waals surface area (Å²) < 4.78 is 33.7. The first kappa shape index (κ1) is 20.6. The van der Waals surface area contributed by atoms with Crippen LogP contribution in [0.1, 0.15) is 13.8 Å². The second-order valence-electron chi connectivity index (χ2n) is 6.94. The summed E-state index contributed by atoms with van der Waals surface area (Å²) in [6, 6.07) is 14.0. The van der Waals surface area contributed by atoms with Crippen LogP contribution in [-0.4, -0.2) is 14.3 Å². The summed E-state index contributed by atoms with van der Waals surface area (Å²) in [5, 5.41) is 1.42. The second kappa shape index (κ2) is 7.54. The highest BCUT2D eigenvalue weighted by molar-refractivity contribution is 7.93. The van der Waals surface area contributed by atoms with Crippen molar-refractivity contribution in [2.75, 3.05) is 4.31 Å². The molecule has 1 heterocycles. The molecule has 1 aromatic heterocycles. The van der Waals surface area contributed by atoms with Crippen LogP contribution in [0.3, 0.4) is 0 Å². The quantitative estimate of drug-likeness (QED) is 0.425. The number of carbonyl (C=O) groups is 1. The third-order valence-electron chi connectivity index (χ3n) is 4.58. The molecule has 0 atom stereocenters. The minimum absolute atomic E-state index is 0.0644. The molecule has 6 nitrogen and oxygen atoms in total. The van der Waals surface area contributed by atoms with Crippen molar-refractivity contribution in [3.8, 4) is 0 Å². The zero-order chi connectivity index (χ0) is 21.6. The number of benzene rings is 3. The maximum absolute atomic E-state index is 13.6. The SMILES string of the molecule is CC(C)C(=O)N(c1cc2sc(=O)oc2c2ccccc12)S(=O)(=O)c1ccc(Cl)cc1. The van der Waals surface area contributed by atoms with Gasteiger partial charge in [0.2, 0.25) is 5.91 Å². The van der Waals surface area contributed by atoms with Gasteiger partial charge < -0.3 is 4.42 Å². The molecule has 0 bridgehead atoms. The van der Waals surface area contributed by atoms with E-state index in [4.69, 9.17) is 16.0 Å². The number of sulfonamides is 1. The Bertz CT molecular complexity index is 1440. The predicted molar refractivity (Wildman–Crippen MR) is 119 cm³/mol. The fraction of sp³-hybridized carbons (Fsp3) is 0.143. The van der Waals surface area contributed by atoms with Crippen LogP contribution in [0.5, 0.6) is 0 Å². The molecule has 0 aliphatic rings. The highest BCUT2D eigenvalue weighted by Crippen LogP contribution is 2.38. The normalized spacial score (nSPS) is 12.0. The van der Waals surface area contributed by atoms with Gasteiger partial charge in [-0.1, -0.05) is 61.1 Å². The topological polar surface area (TPSA) is 84.7 Å². The third kappa shape index (κ3) is 3.40. The maximum atomic E-state index is 13.6. The number of anilines is 1. The number of halogens is 1. The smallest absolute Gasteiger partial charge is 0.396 e. The van der Waals surface area contributed by atoms with E-state index >= 15 is 0 Å². The molecule has 0 saturated carbocycles. The minimum Gasteiger partial charge on any atom is -0.413 e. The molecule has 154 valence electrons. The average molecular weight is 462 g/mol. The van der Waals surface area contributed by atoms with Crippen molar-refractivity contribution >= 4 is 65.6 Å². The number of hydrogen-bond acceptors (Lipinski definition) is 6. The molecule has 4 rings (SSSR count). The van der Waals surface area contributed by atoms with Gasteiger partial charge in [-0.25, -0.2) is 17.5 Å². The molecule has 0 aliphatic heterocycles. The van der Waals surface area contributed by atoms with Crippen LogP contribution in [0.25, 0.3) is 21.1 Å². The Morgan fingerprint density at radius 2 is 1.70 bits per heavy atom. The lowest BCUT2D eigenvalue weighted by molar-refractivity contribution is -0.120. The van der Waals surface area contributed by atoms with Crippen LogP contribution in [0.2, 0.25) is 5.02 Å². The summed E-state index contributed by atoms with van der Waals surface area (Å²) in [5.74, 6) is -1.19. The largest absolute Gasteiger partial charge is 0.413 e. The molecule has 0 radical (unpaired) electrons. The Kier molecular flexibility index (Phi) is 5.17. The van der Waals surface area contributed by atoms with Crippen LogP contribution >= 0.6 is 22.9 Å². The fourth-order valence-corrected chi connectivity index (χ4v) is 5.55. The summed E-state index contributed by atoms with van der Waals surface area (Å²) >= 11 is 6.76. The van der Waals surface area contributed by atoms with Gasteiger partial charge >= 0.3 is 4.94 Å². The number of carbonyl (C=O) groups excluding carboxylic acids is 1. The Labute approximate surface area is 181 Å². The standard InChI is InChI=1S/C21H16ClNO5S2/c1-12(2)20(24)23(30(26,27)14-9-7-13(22)8-10-14)17-11-18-19(28-21(25)29-18)16-6-4-3-5-15(16)17/h3-12H,1-2H3. The van der Waals surface area contributed by atoms with Gasteiger partial charge in [0.1, 0.15) is 0 Å². The third-order valence-corrected chi connectivity index (χ3v) is 7.33. The molecule has 0 N–H and O–H groups in total. The Morgan fingerprint density at radius 1 is 1.07 bits per heavy atom. The zero-order valence-corrected chi connectivity index (χ0v) is 18.3. The molecular weight excluding hydrogens is 446 g/mol. The number of amides is 1. The molecule has 0 fully saturated rings. The monoisotopic (exact) mass is 461 g/mol. The molecular formula is C21H16ClNO5S2. The van der Waals surface area contributed by atoms with Gasteiger partial charge in [-0.3, -0.25) is 4.79 Å². The van der Waals surface area contributed by atoms with Crippen molar-refractivity contribution in [2.24, 2.45) is 5.92 Å². The van der Waals surface area contributed by atoms with Crippen LogP contribution in [0.15, 0.2) is 68.7 Å². The highest BCUT2D eigenvalue weighted by Gasteiger charge is 2.34. The molecule has 30 heavy (non-hydrogen) atoms. The van der Waals surface area contributed by atoms with E-state index in [1.54, 1.807) is 38.1 Å². The fourth-order valence-electron chi connectivity index (χ4n) is 3.16. The molecule has 4 aromatic rings. The van der Waals surface area contributed by atoms with E-state index in [9.17, 15) is 18.0 Å². The molecule has 0 spiro atoms. The summed E-state index contributed by atoms with van der Waals surface area (Å²) in [4.78, 5) is 24.4. The van der Waals surface area contributed by atoms with E-state index in [0.717, 1.165) is 15.6 Å². The predicted octanol–water partition coefficient (Wildman–Crippen LogP) is 5.04. The van der Waals surface area contributed by atoms with Crippen molar-refractivity contribution in [1.82, 2.24) is 0 Å². The lowest BCUT2D eigenvalue weighted by atomic mass is 10.1. The van der Waals surface area contributed by atoms with Gasteiger partial charge in [-0.2, -0.15) is 0 Å². The van der Waals surface area contributed by atoms with E-state index in [0.29, 0.717) is 26.1 Å². The van der Waals surface area contributed by atoms with Gasteiger partial charge in [0.05, 0.1) is 15.3 Å². The summed E-state index contributed by atoms with van der Waals surface area (Å²) in [5.41, 5.74) is 0.536. The van der Waals surface area contributed by atoms with Crippen molar-refractivity contribution in [1.29, 1.82) is 0 Å². The minimum atomic E-state index is -4.25. The van der Waals surface area contributed by atoms with E-state index < -0.39 is 26.8 Å². The van der Waals surface area contributed by atoms with Gasteiger partial charge in [0.15, 0.2) is 5.58 Å². The highest BCUT2D eigenvalue weighted by atomic mass is 35.5. The molecule has 9 heteroatoms. The van der Waals surface area contributed by atoms with E-state index in [2.05, 4.69) is 0 Å². The van der Waals surface area contributed by atoms with Gasteiger partial charge in [0, 0.05) is 21.7 Å². The maximum Gasteiger partial charge on any atom is 0.396 e. The van der Waals surface area contributed by atoms with E-state index in [-0.39, 0.29) is 10.6 Å². The Morgan fingerprint density at radius 3 is 2.33 bits per heavy atom. The average Bonchev–Trinajstić information content (AvgIpc) is 3.08. The Balaban J connectivity index is 2.07. The van der Waals surface area contributed by atoms with Crippen LogP contribution in [0, 0.1) is 5.92 Å². The Hall–Kier alpha value is -2.68. The van der Waals surface area contributed by atoms with Crippen molar-refractivity contribution < 1.29 is 17.6 Å². The number of fused-ring (bicyclic) bond motifs is 3. The van der Waals surface area contributed by atoms with E-state index in [1.165, 1.54) is 30.3 Å². The van der Waals surface area contributed by atoms with Crippen molar-refractivity contribution in [2.45, 2.75) is 18.7 Å². The molecule has 0 aliphatic carbocycles. The van der Waals surface area contributed by atoms with Crippen molar-refractivity contribution in [3.63, 3.8) is 0 Å². The summed E-state index contributed by atoms with van der Waals surface area (Å²) in [6.07, 6.45) is 0. The molecule has 0 unspecified atom stereocenters. The van der Waals surface area contributed by atoms with Crippen LogP contribution in [0.4, 0.5) is 5.69 Å². The molecule has 0 saturated heterocycles. The lowest BCUT2D eigenvalue weighted by Gasteiger charge is -2.25. The first-order valence-electron chi connectivity index (χ1n) is 9.00. The van der Waals surface area contributed by atoms with E-state index in [1.807, 2.05) is 0 Å². The molecule has 1 amide bonds.